The Balaban J connectivity index is 2.50. The van der Waals surface area contributed by atoms with Crippen LogP contribution in [0.25, 0.3) is 0 Å². The van der Waals surface area contributed by atoms with Crippen LogP contribution in [0.5, 0.6) is 0 Å². The Morgan fingerprint density at radius 1 is 1.38 bits per heavy atom. The average Bonchev–Trinajstić information content (AvgIpc) is 2.28. The van der Waals surface area contributed by atoms with Crippen LogP contribution in [-0.2, 0) is 9.47 Å². The van der Waals surface area contributed by atoms with Gasteiger partial charge < -0.3 is 9.47 Å². The Morgan fingerprint density at radius 3 is 2.75 bits per heavy atom. The van der Waals surface area contributed by atoms with Crippen molar-refractivity contribution in [2.45, 2.75) is 13.3 Å². The van der Waals surface area contributed by atoms with Crippen LogP contribution in [0.1, 0.15) is 22.3 Å². The zero-order valence-corrected chi connectivity index (χ0v) is 9.46. The second kappa shape index (κ2) is 6.23. The summed E-state index contributed by atoms with van der Waals surface area (Å²) >= 11 is 0. The molecule has 0 saturated heterocycles. The molecule has 4 heteroatoms. The van der Waals surface area contributed by atoms with Crippen LogP contribution in [-0.4, -0.2) is 26.3 Å². The Kier molecular flexibility index (Phi) is 4.92. The lowest BCUT2D eigenvalue weighted by Gasteiger charge is -2.05. The normalized spacial score (nSPS) is 10.2. The van der Waals surface area contributed by atoms with Gasteiger partial charge in [-0.3, -0.25) is 0 Å². The van der Waals surface area contributed by atoms with E-state index in [1.807, 2.05) is 0 Å². The molecule has 88 valence electrons. The summed E-state index contributed by atoms with van der Waals surface area (Å²) in [6, 6.07) is 4.16. The number of halogens is 1. The Morgan fingerprint density at radius 2 is 2.12 bits per heavy atom. The highest BCUT2D eigenvalue weighted by Crippen LogP contribution is 2.10. The summed E-state index contributed by atoms with van der Waals surface area (Å²) in [6.45, 7) is 2.47. The van der Waals surface area contributed by atoms with Crippen LogP contribution >= 0.6 is 0 Å². The monoisotopic (exact) mass is 226 g/mol. The number of ether oxygens (including phenoxy) is 2. The molecule has 0 bridgehead atoms. The third-order valence-electron chi connectivity index (χ3n) is 2.12. The maximum atomic E-state index is 12.9. The van der Waals surface area contributed by atoms with Crippen molar-refractivity contribution >= 4 is 5.97 Å². The summed E-state index contributed by atoms with van der Waals surface area (Å²) in [6.07, 6.45) is 0.655. The van der Waals surface area contributed by atoms with Gasteiger partial charge in [0, 0.05) is 20.1 Å². The zero-order valence-electron chi connectivity index (χ0n) is 9.46. The summed E-state index contributed by atoms with van der Waals surface area (Å²) < 4.78 is 22.8. The molecule has 0 aliphatic rings. The first-order valence-electron chi connectivity index (χ1n) is 5.07. The van der Waals surface area contributed by atoms with Crippen molar-refractivity contribution in [1.29, 1.82) is 0 Å². The highest BCUT2D eigenvalue weighted by molar-refractivity contribution is 5.89. The third kappa shape index (κ3) is 3.62. The number of benzene rings is 1. The molecule has 0 heterocycles. The molecule has 0 atom stereocenters. The molecule has 0 fully saturated rings. The quantitative estimate of drug-likeness (QED) is 0.571. The highest BCUT2D eigenvalue weighted by atomic mass is 19.1. The summed E-state index contributed by atoms with van der Waals surface area (Å²) in [5.74, 6) is -0.755. The van der Waals surface area contributed by atoms with E-state index in [4.69, 9.17) is 9.47 Å². The number of carbonyl (C=O) groups excluding carboxylic acids is 1. The largest absolute Gasteiger partial charge is 0.462 e. The molecule has 0 saturated carbocycles. The van der Waals surface area contributed by atoms with Crippen molar-refractivity contribution in [3.63, 3.8) is 0 Å². The van der Waals surface area contributed by atoms with Crippen LogP contribution < -0.4 is 0 Å². The second-order valence-electron chi connectivity index (χ2n) is 3.45. The molecule has 0 aromatic heterocycles. The van der Waals surface area contributed by atoms with Crippen molar-refractivity contribution in [3.05, 3.63) is 35.1 Å². The first kappa shape index (κ1) is 12.6. The van der Waals surface area contributed by atoms with Gasteiger partial charge in [0.25, 0.3) is 0 Å². The first-order valence-corrected chi connectivity index (χ1v) is 5.07. The fourth-order valence-corrected chi connectivity index (χ4v) is 1.22. The van der Waals surface area contributed by atoms with Gasteiger partial charge in [-0.1, -0.05) is 0 Å². The van der Waals surface area contributed by atoms with E-state index in [2.05, 4.69) is 0 Å². The van der Waals surface area contributed by atoms with Crippen molar-refractivity contribution < 1.29 is 18.7 Å². The van der Waals surface area contributed by atoms with E-state index in [0.29, 0.717) is 30.8 Å². The van der Waals surface area contributed by atoms with Crippen LogP contribution in [0.2, 0.25) is 0 Å². The lowest BCUT2D eigenvalue weighted by atomic mass is 10.1. The number of hydrogen-bond acceptors (Lipinski definition) is 3. The minimum Gasteiger partial charge on any atom is -0.462 e. The summed E-state index contributed by atoms with van der Waals surface area (Å²) in [7, 11) is 1.59. The van der Waals surface area contributed by atoms with Crippen molar-refractivity contribution in [2.75, 3.05) is 20.3 Å². The summed E-state index contributed by atoms with van der Waals surface area (Å²) in [5, 5.41) is 0. The fourth-order valence-electron chi connectivity index (χ4n) is 1.22. The molecular formula is C12H15FO3. The molecule has 0 spiro atoms. The first-order chi connectivity index (χ1) is 7.65. The predicted molar refractivity (Wildman–Crippen MR) is 57.9 cm³/mol. The standard InChI is InChI=1S/C12H15FO3/c1-9-8-10(4-5-11(9)13)12(14)16-7-3-6-15-2/h4-5,8H,3,6-7H2,1-2H3. The third-order valence-corrected chi connectivity index (χ3v) is 2.12. The van der Waals surface area contributed by atoms with Crippen molar-refractivity contribution in [1.82, 2.24) is 0 Å². The van der Waals surface area contributed by atoms with Crippen molar-refractivity contribution in [3.8, 4) is 0 Å². The maximum absolute atomic E-state index is 12.9. The maximum Gasteiger partial charge on any atom is 0.338 e. The molecule has 0 N–H and O–H groups in total. The molecule has 16 heavy (non-hydrogen) atoms. The predicted octanol–water partition coefficient (Wildman–Crippen LogP) is 2.33. The van der Waals surface area contributed by atoms with E-state index in [1.54, 1.807) is 14.0 Å². The van der Waals surface area contributed by atoms with E-state index >= 15 is 0 Å². The number of aryl methyl sites for hydroxylation is 1. The van der Waals surface area contributed by atoms with Crippen LogP contribution in [0.15, 0.2) is 18.2 Å². The Labute approximate surface area is 94.2 Å². The second-order valence-corrected chi connectivity index (χ2v) is 3.45. The SMILES string of the molecule is COCCCOC(=O)c1ccc(F)c(C)c1. The molecule has 0 aliphatic heterocycles. The molecule has 0 radical (unpaired) electrons. The van der Waals surface area contributed by atoms with Gasteiger partial charge in [0.05, 0.1) is 12.2 Å². The lowest BCUT2D eigenvalue weighted by Crippen LogP contribution is -2.08. The highest BCUT2D eigenvalue weighted by Gasteiger charge is 2.08. The van der Waals surface area contributed by atoms with Crippen LogP contribution in [0.4, 0.5) is 4.39 Å². The molecule has 0 unspecified atom stereocenters. The molecule has 1 aromatic carbocycles. The van der Waals surface area contributed by atoms with Gasteiger partial charge in [-0.05, 0) is 30.7 Å². The van der Waals surface area contributed by atoms with Gasteiger partial charge >= 0.3 is 5.97 Å². The molecule has 0 aliphatic carbocycles. The Bertz CT molecular complexity index is 363. The molecular weight excluding hydrogens is 211 g/mol. The zero-order chi connectivity index (χ0) is 12.0. The van der Waals surface area contributed by atoms with Gasteiger partial charge in [0.2, 0.25) is 0 Å². The van der Waals surface area contributed by atoms with Crippen molar-refractivity contribution in [2.24, 2.45) is 0 Å². The molecule has 0 amide bonds. The smallest absolute Gasteiger partial charge is 0.338 e. The summed E-state index contributed by atoms with van der Waals surface area (Å²) in [4.78, 5) is 11.5. The van der Waals surface area contributed by atoms with E-state index in [9.17, 15) is 9.18 Å². The van der Waals surface area contributed by atoms with E-state index < -0.39 is 5.97 Å². The average molecular weight is 226 g/mol. The van der Waals surface area contributed by atoms with Gasteiger partial charge in [-0.15, -0.1) is 0 Å². The molecule has 1 rings (SSSR count). The van der Waals surface area contributed by atoms with Crippen LogP contribution in [0, 0.1) is 12.7 Å². The van der Waals surface area contributed by atoms with Gasteiger partial charge in [0.15, 0.2) is 0 Å². The minimum absolute atomic E-state index is 0.309. The molecule has 1 aromatic rings. The Hall–Kier alpha value is -1.42. The number of hydrogen-bond donors (Lipinski definition) is 0. The fraction of sp³-hybridized carbons (Fsp3) is 0.417. The van der Waals surface area contributed by atoms with Gasteiger partial charge in [-0.25, -0.2) is 9.18 Å². The number of carbonyl (C=O) groups is 1. The van der Waals surface area contributed by atoms with Gasteiger partial charge in [0.1, 0.15) is 5.82 Å². The number of esters is 1. The number of rotatable bonds is 5. The topological polar surface area (TPSA) is 35.5 Å². The summed E-state index contributed by atoms with van der Waals surface area (Å²) in [5.41, 5.74) is 0.808. The van der Waals surface area contributed by atoms with E-state index in [0.717, 1.165) is 0 Å². The van der Waals surface area contributed by atoms with Gasteiger partial charge in [-0.2, -0.15) is 0 Å². The minimum atomic E-state index is -0.431. The lowest BCUT2D eigenvalue weighted by molar-refractivity contribution is 0.0468. The van der Waals surface area contributed by atoms with Crippen LogP contribution in [0.3, 0.4) is 0 Å². The number of methoxy groups -OCH3 is 1. The molecule has 3 nitrogen and oxygen atoms in total. The van der Waals surface area contributed by atoms with E-state index in [1.165, 1.54) is 18.2 Å². The van der Waals surface area contributed by atoms with E-state index in [-0.39, 0.29) is 5.82 Å².